The first-order valence-corrected chi connectivity index (χ1v) is 8.55. The van der Waals surface area contributed by atoms with Crippen LogP contribution in [0.3, 0.4) is 0 Å². The number of carbonyl (C=O) groups is 3. The lowest BCUT2D eigenvalue weighted by molar-refractivity contribution is -0.143. The van der Waals surface area contributed by atoms with Crippen LogP contribution in [0.5, 0.6) is 5.75 Å². The van der Waals surface area contributed by atoms with Crippen molar-refractivity contribution in [3.05, 3.63) is 28.8 Å². The standard InChI is InChI=1S/C18H21ClN2O5/c1-5-11-13(15(22)23)14(21-17(25)20-11)9-6-7-12(10(19)8-9)26-16(24)18(2,3)4/h6-8,13-14H,5H2,1-4H3,(H,21,25)(H,22,23). The summed E-state index contributed by atoms with van der Waals surface area (Å²) in [6, 6.07) is 3.16. The summed E-state index contributed by atoms with van der Waals surface area (Å²) < 4.78 is 5.29. The Kier molecular flexibility index (Phi) is 5.71. The number of esters is 1. The summed E-state index contributed by atoms with van der Waals surface area (Å²) in [5.41, 5.74) is 0.0954. The summed E-state index contributed by atoms with van der Waals surface area (Å²) in [4.78, 5) is 39.3. The summed E-state index contributed by atoms with van der Waals surface area (Å²) >= 11 is 6.21. The van der Waals surface area contributed by atoms with E-state index in [0.29, 0.717) is 17.7 Å². The highest BCUT2D eigenvalue weighted by Crippen LogP contribution is 2.34. The fourth-order valence-corrected chi connectivity index (χ4v) is 2.77. The Labute approximate surface area is 156 Å². The monoisotopic (exact) mass is 380 g/mol. The third-order valence-corrected chi connectivity index (χ3v) is 4.27. The Morgan fingerprint density at radius 1 is 1.35 bits per heavy atom. The molecule has 2 unspecified atom stereocenters. The zero-order valence-corrected chi connectivity index (χ0v) is 15.8. The lowest BCUT2D eigenvalue weighted by Gasteiger charge is -2.29. The highest BCUT2D eigenvalue weighted by molar-refractivity contribution is 6.32. The Hall–Kier alpha value is -2.41. The van der Waals surface area contributed by atoms with Gasteiger partial charge in [0.1, 0.15) is 11.7 Å². The largest absolute Gasteiger partial charge is 0.481 e. The van der Waals surface area contributed by atoms with Crippen molar-refractivity contribution in [2.45, 2.75) is 40.2 Å². The molecule has 0 fully saturated rings. The molecular weight excluding hydrogens is 360 g/mol. The quantitative estimate of drug-likeness (QED) is 0.613. The van der Waals surface area contributed by atoms with Crippen molar-refractivity contribution in [3.8, 4) is 5.75 Å². The predicted molar refractivity (Wildman–Crippen MR) is 96.7 cm³/mol. The molecule has 0 saturated carbocycles. The molecule has 1 aromatic rings. The van der Waals surface area contributed by atoms with Gasteiger partial charge in [0, 0.05) is 5.71 Å². The number of ether oxygens (including phenoxy) is 1. The van der Waals surface area contributed by atoms with Gasteiger partial charge in [0.2, 0.25) is 0 Å². The van der Waals surface area contributed by atoms with Crippen LogP contribution < -0.4 is 10.1 Å². The van der Waals surface area contributed by atoms with Crippen molar-refractivity contribution in [3.63, 3.8) is 0 Å². The second kappa shape index (κ2) is 7.45. The highest BCUT2D eigenvalue weighted by Gasteiger charge is 2.38. The number of urea groups is 1. The van der Waals surface area contributed by atoms with E-state index in [-0.39, 0.29) is 10.8 Å². The van der Waals surface area contributed by atoms with Gasteiger partial charge in [-0.2, -0.15) is 0 Å². The Bertz CT molecular complexity index is 782. The van der Waals surface area contributed by atoms with Crippen molar-refractivity contribution in [1.29, 1.82) is 0 Å². The number of carboxylic acid groups (broad SMARTS) is 1. The first kappa shape index (κ1) is 19.9. The van der Waals surface area contributed by atoms with E-state index in [1.807, 2.05) is 0 Å². The van der Waals surface area contributed by atoms with Crippen LogP contribution in [0.1, 0.15) is 45.7 Å². The van der Waals surface area contributed by atoms with Gasteiger partial charge in [-0.15, -0.1) is 0 Å². The second-order valence-corrected chi connectivity index (χ2v) is 7.44. The Morgan fingerprint density at radius 3 is 2.50 bits per heavy atom. The second-order valence-electron chi connectivity index (χ2n) is 7.03. The first-order valence-electron chi connectivity index (χ1n) is 8.17. The number of aliphatic imine (C=N–C) groups is 1. The van der Waals surface area contributed by atoms with Gasteiger partial charge in [-0.3, -0.25) is 9.59 Å². The highest BCUT2D eigenvalue weighted by atomic mass is 35.5. The number of carboxylic acids is 1. The van der Waals surface area contributed by atoms with Gasteiger partial charge in [-0.1, -0.05) is 24.6 Å². The van der Waals surface area contributed by atoms with E-state index in [1.165, 1.54) is 12.1 Å². The molecule has 0 radical (unpaired) electrons. The number of halogens is 1. The van der Waals surface area contributed by atoms with Gasteiger partial charge in [0.15, 0.2) is 0 Å². The van der Waals surface area contributed by atoms with Crippen LogP contribution in [0.15, 0.2) is 23.2 Å². The van der Waals surface area contributed by atoms with Crippen LogP contribution in [0.25, 0.3) is 0 Å². The van der Waals surface area contributed by atoms with Gasteiger partial charge in [0.25, 0.3) is 0 Å². The maximum Gasteiger partial charge on any atom is 0.341 e. The van der Waals surface area contributed by atoms with Crippen LogP contribution in [-0.2, 0) is 9.59 Å². The number of hydrogen-bond acceptors (Lipinski definition) is 4. The summed E-state index contributed by atoms with van der Waals surface area (Å²) in [6.07, 6.45) is 0.343. The number of nitrogens with one attached hydrogen (secondary N) is 1. The van der Waals surface area contributed by atoms with Gasteiger partial charge < -0.3 is 15.2 Å². The zero-order chi connectivity index (χ0) is 19.6. The maximum absolute atomic E-state index is 12.0. The van der Waals surface area contributed by atoms with Crippen molar-refractivity contribution < 1.29 is 24.2 Å². The molecule has 2 N–H and O–H groups in total. The number of hydrogen-bond donors (Lipinski definition) is 2. The van der Waals surface area contributed by atoms with Gasteiger partial charge in [0.05, 0.1) is 16.5 Å². The van der Waals surface area contributed by atoms with Crippen LogP contribution >= 0.6 is 11.6 Å². The van der Waals surface area contributed by atoms with Crippen LogP contribution in [-0.4, -0.2) is 28.8 Å². The number of carbonyl (C=O) groups excluding carboxylic acids is 2. The minimum Gasteiger partial charge on any atom is -0.481 e. The van der Waals surface area contributed by atoms with Crippen LogP contribution in [0.4, 0.5) is 4.79 Å². The van der Waals surface area contributed by atoms with E-state index >= 15 is 0 Å². The topological polar surface area (TPSA) is 105 Å². The van der Waals surface area contributed by atoms with E-state index in [1.54, 1.807) is 33.8 Å². The SMILES string of the molecule is CCC1=NC(=O)NC(c2ccc(OC(=O)C(C)(C)C)c(Cl)c2)C1C(=O)O. The van der Waals surface area contributed by atoms with Crippen LogP contribution in [0, 0.1) is 11.3 Å². The molecular formula is C18H21ClN2O5. The van der Waals surface area contributed by atoms with Gasteiger partial charge in [-0.05, 0) is 44.9 Å². The average molecular weight is 381 g/mol. The molecule has 2 rings (SSSR count). The summed E-state index contributed by atoms with van der Waals surface area (Å²) in [6.45, 7) is 6.90. The summed E-state index contributed by atoms with van der Waals surface area (Å²) in [7, 11) is 0. The molecule has 0 bridgehead atoms. The zero-order valence-electron chi connectivity index (χ0n) is 15.0. The minimum absolute atomic E-state index is 0.152. The van der Waals surface area contributed by atoms with Crippen molar-refractivity contribution in [1.82, 2.24) is 5.32 Å². The number of benzene rings is 1. The lowest BCUT2D eigenvalue weighted by atomic mass is 9.86. The van der Waals surface area contributed by atoms with Crippen LogP contribution in [0.2, 0.25) is 5.02 Å². The summed E-state index contributed by atoms with van der Waals surface area (Å²) in [5.74, 6) is -2.35. The molecule has 140 valence electrons. The van der Waals surface area contributed by atoms with E-state index in [9.17, 15) is 19.5 Å². The lowest BCUT2D eigenvalue weighted by Crippen LogP contribution is -2.44. The van der Waals surface area contributed by atoms with Crippen molar-refractivity contribution >= 4 is 35.3 Å². The smallest absolute Gasteiger partial charge is 0.341 e. The average Bonchev–Trinajstić information content (AvgIpc) is 2.54. The molecule has 26 heavy (non-hydrogen) atoms. The van der Waals surface area contributed by atoms with E-state index in [0.717, 1.165) is 0 Å². The Balaban J connectivity index is 2.35. The van der Waals surface area contributed by atoms with Gasteiger partial charge in [-0.25, -0.2) is 9.79 Å². The first-order chi connectivity index (χ1) is 12.0. The van der Waals surface area contributed by atoms with E-state index in [4.69, 9.17) is 16.3 Å². The minimum atomic E-state index is -1.09. The molecule has 1 aromatic carbocycles. The third-order valence-electron chi connectivity index (χ3n) is 3.97. The fourth-order valence-electron chi connectivity index (χ4n) is 2.55. The molecule has 7 nitrogen and oxygen atoms in total. The normalized spacial score (nSPS) is 20.2. The molecule has 0 saturated heterocycles. The molecule has 0 aliphatic carbocycles. The Morgan fingerprint density at radius 2 is 2.00 bits per heavy atom. The molecule has 2 amide bonds. The number of rotatable bonds is 4. The predicted octanol–water partition coefficient (Wildman–Crippen LogP) is 3.61. The molecule has 0 spiro atoms. The van der Waals surface area contributed by atoms with E-state index < -0.39 is 35.3 Å². The molecule has 1 aliphatic rings. The van der Waals surface area contributed by atoms with Gasteiger partial charge >= 0.3 is 18.0 Å². The number of amides is 2. The number of nitrogens with zero attached hydrogens (tertiary/aromatic N) is 1. The maximum atomic E-state index is 12.0. The van der Waals surface area contributed by atoms with Crippen molar-refractivity contribution in [2.24, 2.45) is 16.3 Å². The fraction of sp³-hybridized carbons (Fsp3) is 0.444. The summed E-state index contributed by atoms with van der Waals surface area (Å²) in [5, 5.41) is 12.3. The number of aliphatic carboxylic acids is 1. The third kappa shape index (κ3) is 4.22. The molecule has 0 aromatic heterocycles. The molecule has 1 aliphatic heterocycles. The van der Waals surface area contributed by atoms with Crippen molar-refractivity contribution in [2.75, 3.05) is 0 Å². The molecule has 8 heteroatoms. The van der Waals surface area contributed by atoms with E-state index in [2.05, 4.69) is 10.3 Å². The molecule has 1 heterocycles. The molecule has 2 atom stereocenters.